The Morgan fingerprint density at radius 2 is 1.90 bits per heavy atom. The Balaban J connectivity index is 1.35. The Bertz CT molecular complexity index is 1040. The van der Waals surface area contributed by atoms with E-state index in [0.717, 1.165) is 29.7 Å². The lowest BCUT2D eigenvalue weighted by molar-refractivity contribution is -0.127. The van der Waals surface area contributed by atoms with E-state index in [0.29, 0.717) is 29.8 Å². The minimum absolute atomic E-state index is 0.00526. The van der Waals surface area contributed by atoms with Crippen LogP contribution >= 0.6 is 11.6 Å². The molecule has 7 heteroatoms. The molecule has 0 saturated carbocycles. The summed E-state index contributed by atoms with van der Waals surface area (Å²) in [7, 11) is 1.62. The molecule has 6 nitrogen and oxygen atoms in total. The smallest absolute Gasteiger partial charge is 0.257 e. The number of ether oxygens (including phenoxy) is 1. The van der Waals surface area contributed by atoms with Crippen LogP contribution in [0.15, 0.2) is 59.1 Å². The highest BCUT2D eigenvalue weighted by molar-refractivity contribution is 6.30. The van der Waals surface area contributed by atoms with E-state index in [9.17, 15) is 4.79 Å². The fourth-order valence-electron chi connectivity index (χ4n) is 3.54. The maximum atomic E-state index is 12.6. The van der Waals surface area contributed by atoms with Gasteiger partial charge in [0.1, 0.15) is 5.75 Å². The average Bonchev–Trinajstić information content (AvgIpc) is 3.28. The van der Waals surface area contributed by atoms with Crippen LogP contribution in [0.25, 0.3) is 17.5 Å². The van der Waals surface area contributed by atoms with Crippen LogP contribution < -0.4 is 4.74 Å². The summed E-state index contributed by atoms with van der Waals surface area (Å²) in [6.07, 6.45) is 5.00. The van der Waals surface area contributed by atoms with Crippen LogP contribution in [0.5, 0.6) is 5.75 Å². The van der Waals surface area contributed by atoms with Crippen molar-refractivity contribution in [2.45, 2.75) is 18.8 Å². The third kappa shape index (κ3) is 4.54. The second kappa shape index (κ2) is 9.13. The lowest BCUT2D eigenvalue weighted by Gasteiger charge is -2.29. The molecule has 3 aromatic rings. The third-order valence-electron chi connectivity index (χ3n) is 5.25. The molecular weight excluding hydrogens is 402 g/mol. The Morgan fingerprint density at radius 3 is 2.63 bits per heavy atom. The number of amides is 1. The molecule has 0 N–H and O–H groups in total. The highest BCUT2D eigenvalue weighted by Crippen LogP contribution is 2.28. The summed E-state index contributed by atoms with van der Waals surface area (Å²) < 4.78 is 10.7. The van der Waals surface area contributed by atoms with Crippen LogP contribution in [0.4, 0.5) is 0 Å². The van der Waals surface area contributed by atoms with Gasteiger partial charge in [0.15, 0.2) is 5.82 Å². The Kier molecular flexibility index (Phi) is 6.14. The number of methoxy groups -OCH3 is 1. The van der Waals surface area contributed by atoms with Crippen LogP contribution in [-0.2, 0) is 4.79 Å². The topological polar surface area (TPSA) is 68.5 Å². The second-order valence-corrected chi connectivity index (χ2v) is 7.58. The van der Waals surface area contributed by atoms with Crippen molar-refractivity contribution in [2.24, 2.45) is 0 Å². The van der Waals surface area contributed by atoms with Gasteiger partial charge in [-0.15, -0.1) is 0 Å². The fourth-order valence-corrected chi connectivity index (χ4v) is 3.67. The van der Waals surface area contributed by atoms with Crippen LogP contribution in [0, 0.1) is 0 Å². The van der Waals surface area contributed by atoms with Crippen LogP contribution in [0.2, 0.25) is 5.02 Å². The number of nitrogens with zero attached hydrogens (tertiary/aromatic N) is 3. The van der Waals surface area contributed by atoms with Gasteiger partial charge in [-0.3, -0.25) is 4.79 Å². The van der Waals surface area contributed by atoms with Crippen molar-refractivity contribution in [3.63, 3.8) is 0 Å². The van der Waals surface area contributed by atoms with Gasteiger partial charge < -0.3 is 14.2 Å². The molecule has 0 bridgehead atoms. The summed E-state index contributed by atoms with van der Waals surface area (Å²) in [4.78, 5) is 19.0. The molecule has 1 amide bonds. The summed E-state index contributed by atoms with van der Waals surface area (Å²) in [6, 6.07) is 14.9. The quantitative estimate of drug-likeness (QED) is 0.550. The van der Waals surface area contributed by atoms with Gasteiger partial charge in [-0.25, -0.2) is 0 Å². The minimum Gasteiger partial charge on any atom is -0.496 e. The summed E-state index contributed by atoms with van der Waals surface area (Å²) >= 11 is 5.93. The van der Waals surface area contributed by atoms with Gasteiger partial charge in [-0.1, -0.05) is 35.0 Å². The SMILES string of the molecule is COc1ccccc1/C=C/C(=O)N1CCC(c2noc(-c3ccc(Cl)cc3)n2)CC1. The Morgan fingerprint density at radius 1 is 1.17 bits per heavy atom. The third-order valence-corrected chi connectivity index (χ3v) is 5.50. The first-order valence-electron chi connectivity index (χ1n) is 9.83. The van der Waals surface area contributed by atoms with E-state index in [1.54, 1.807) is 31.4 Å². The first-order valence-corrected chi connectivity index (χ1v) is 10.2. The van der Waals surface area contributed by atoms with Gasteiger partial charge in [0.25, 0.3) is 5.89 Å². The summed E-state index contributed by atoms with van der Waals surface area (Å²) in [6.45, 7) is 1.31. The van der Waals surface area contributed by atoms with Gasteiger partial charge >= 0.3 is 0 Å². The van der Waals surface area contributed by atoms with Crippen LogP contribution in [0.1, 0.15) is 30.1 Å². The fraction of sp³-hybridized carbons (Fsp3) is 0.261. The van der Waals surface area contributed by atoms with Crippen molar-refractivity contribution in [3.05, 3.63) is 71.0 Å². The zero-order chi connectivity index (χ0) is 20.9. The molecule has 0 unspecified atom stereocenters. The highest BCUT2D eigenvalue weighted by atomic mass is 35.5. The van der Waals surface area contributed by atoms with E-state index in [-0.39, 0.29) is 11.8 Å². The van der Waals surface area contributed by atoms with Crippen molar-refractivity contribution in [3.8, 4) is 17.2 Å². The van der Waals surface area contributed by atoms with Crippen molar-refractivity contribution in [1.29, 1.82) is 0 Å². The summed E-state index contributed by atoms with van der Waals surface area (Å²) in [5.41, 5.74) is 1.72. The van der Waals surface area contributed by atoms with E-state index in [4.69, 9.17) is 20.9 Å². The zero-order valence-corrected chi connectivity index (χ0v) is 17.4. The number of hydrogen-bond donors (Lipinski definition) is 0. The van der Waals surface area contributed by atoms with Gasteiger partial charge in [0.2, 0.25) is 5.91 Å². The van der Waals surface area contributed by atoms with Gasteiger partial charge in [0.05, 0.1) is 7.11 Å². The number of aromatic nitrogens is 2. The number of carbonyl (C=O) groups excluding carboxylic acids is 1. The van der Waals surface area contributed by atoms with Crippen molar-refractivity contribution >= 4 is 23.6 Å². The van der Waals surface area contributed by atoms with Crippen LogP contribution in [0.3, 0.4) is 0 Å². The standard InChI is InChI=1S/C23H22ClN3O3/c1-29-20-5-3-2-4-16(20)8-11-21(28)27-14-12-17(13-15-27)22-25-23(30-26-22)18-6-9-19(24)10-7-18/h2-11,17H,12-15H2,1H3/b11-8+. The van der Waals surface area contributed by atoms with E-state index in [1.807, 2.05) is 41.3 Å². The van der Waals surface area contributed by atoms with Gasteiger partial charge in [0, 0.05) is 41.2 Å². The maximum absolute atomic E-state index is 12.6. The highest BCUT2D eigenvalue weighted by Gasteiger charge is 2.26. The van der Waals surface area contributed by atoms with E-state index >= 15 is 0 Å². The lowest BCUT2D eigenvalue weighted by atomic mass is 9.96. The normalized spacial score (nSPS) is 14.9. The molecule has 4 rings (SSSR count). The number of halogens is 1. The largest absolute Gasteiger partial charge is 0.496 e. The molecule has 2 heterocycles. The average molecular weight is 424 g/mol. The molecule has 2 aromatic carbocycles. The molecule has 0 atom stereocenters. The molecule has 154 valence electrons. The number of benzene rings is 2. The Hall–Kier alpha value is -3.12. The van der Waals surface area contributed by atoms with E-state index < -0.39 is 0 Å². The van der Waals surface area contributed by atoms with Crippen molar-refractivity contribution in [1.82, 2.24) is 15.0 Å². The maximum Gasteiger partial charge on any atom is 0.257 e. The number of piperidine rings is 1. The number of hydrogen-bond acceptors (Lipinski definition) is 5. The number of carbonyl (C=O) groups is 1. The predicted molar refractivity (Wildman–Crippen MR) is 115 cm³/mol. The minimum atomic E-state index is -0.00526. The first-order chi connectivity index (χ1) is 14.6. The summed E-state index contributed by atoms with van der Waals surface area (Å²) in [5, 5.41) is 4.82. The zero-order valence-electron chi connectivity index (χ0n) is 16.6. The van der Waals surface area contributed by atoms with Gasteiger partial charge in [-0.05, 0) is 49.2 Å². The molecule has 30 heavy (non-hydrogen) atoms. The lowest BCUT2D eigenvalue weighted by Crippen LogP contribution is -2.37. The van der Waals surface area contributed by atoms with Crippen LogP contribution in [-0.4, -0.2) is 41.1 Å². The summed E-state index contributed by atoms with van der Waals surface area (Å²) in [5.74, 6) is 2.09. The first kappa shape index (κ1) is 20.2. The van der Waals surface area contributed by atoms with E-state index in [1.165, 1.54) is 0 Å². The number of rotatable bonds is 5. The molecule has 1 saturated heterocycles. The van der Waals surface area contributed by atoms with E-state index in [2.05, 4.69) is 10.1 Å². The van der Waals surface area contributed by atoms with Crippen molar-refractivity contribution < 1.29 is 14.1 Å². The molecule has 0 spiro atoms. The molecule has 1 aromatic heterocycles. The Labute approximate surface area is 180 Å². The molecule has 1 aliphatic heterocycles. The number of likely N-dealkylation sites (tertiary alicyclic amines) is 1. The second-order valence-electron chi connectivity index (χ2n) is 7.14. The molecule has 0 radical (unpaired) electrons. The van der Waals surface area contributed by atoms with Gasteiger partial charge in [-0.2, -0.15) is 4.98 Å². The molecule has 1 fully saturated rings. The monoisotopic (exact) mass is 423 g/mol. The predicted octanol–water partition coefficient (Wildman–Crippen LogP) is 4.82. The molecule has 0 aliphatic carbocycles. The number of para-hydroxylation sites is 1. The molecule has 1 aliphatic rings. The molecular formula is C23H22ClN3O3. The van der Waals surface area contributed by atoms with Crippen molar-refractivity contribution in [2.75, 3.05) is 20.2 Å².